The highest BCUT2D eigenvalue weighted by molar-refractivity contribution is 7.89. The van der Waals surface area contributed by atoms with Gasteiger partial charge in [0.1, 0.15) is 0 Å². The van der Waals surface area contributed by atoms with Gasteiger partial charge in [-0.15, -0.1) is 0 Å². The Labute approximate surface area is 112 Å². The molecule has 5 heteroatoms. The number of nitrogens with one attached hydrogen (secondary N) is 1. The van der Waals surface area contributed by atoms with E-state index in [2.05, 4.69) is 4.72 Å². The molecule has 1 atom stereocenters. The van der Waals surface area contributed by atoms with Crippen LogP contribution in [0.4, 0.5) is 0 Å². The summed E-state index contributed by atoms with van der Waals surface area (Å²) in [5, 5.41) is 0. The van der Waals surface area contributed by atoms with Crippen molar-refractivity contribution >= 4 is 10.0 Å². The lowest BCUT2D eigenvalue weighted by atomic mass is 9.84. The van der Waals surface area contributed by atoms with Gasteiger partial charge in [-0.1, -0.05) is 40.0 Å². The van der Waals surface area contributed by atoms with Gasteiger partial charge in [-0.3, -0.25) is 0 Å². The number of hydrogen-bond acceptors (Lipinski definition) is 3. The van der Waals surface area contributed by atoms with Crippen molar-refractivity contribution in [2.75, 3.05) is 12.3 Å². The minimum atomic E-state index is -3.16. The standard InChI is InChI=1S/C13H28N2O2S/c1-13(2,3)12(7-9-14)15-18(16,17)10-8-11-5-4-6-11/h11-12,15H,4-10,14H2,1-3H3. The molecule has 0 aromatic rings. The highest BCUT2D eigenvalue weighted by atomic mass is 32.2. The van der Waals surface area contributed by atoms with Crippen LogP contribution < -0.4 is 10.5 Å². The first-order chi connectivity index (χ1) is 8.24. The quantitative estimate of drug-likeness (QED) is 0.745. The second-order valence-electron chi connectivity index (χ2n) is 6.52. The van der Waals surface area contributed by atoms with E-state index in [9.17, 15) is 8.42 Å². The monoisotopic (exact) mass is 276 g/mol. The zero-order valence-electron chi connectivity index (χ0n) is 11.9. The van der Waals surface area contributed by atoms with Gasteiger partial charge in [0.15, 0.2) is 0 Å². The molecule has 0 aliphatic heterocycles. The summed E-state index contributed by atoms with van der Waals surface area (Å²) >= 11 is 0. The molecule has 0 spiro atoms. The summed E-state index contributed by atoms with van der Waals surface area (Å²) in [4.78, 5) is 0. The molecule has 1 aliphatic rings. The van der Waals surface area contributed by atoms with Crippen molar-refractivity contribution in [2.24, 2.45) is 17.1 Å². The highest BCUT2D eigenvalue weighted by Gasteiger charge is 2.29. The average Bonchev–Trinajstić information content (AvgIpc) is 2.12. The third-order valence-corrected chi connectivity index (χ3v) is 5.26. The van der Waals surface area contributed by atoms with Crippen LogP contribution in [0.15, 0.2) is 0 Å². The third-order valence-electron chi connectivity index (χ3n) is 3.84. The lowest BCUT2D eigenvalue weighted by Crippen LogP contribution is -2.45. The van der Waals surface area contributed by atoms with E-state index in [0.717, 1.165) is 6.42 Å². The van der Waals surface area contributed by atoms with Crippen LogP contribution in [0.2, 0.25) is 0 Å². The van der Waals surface area contributed by atoms with Gasteiger partial charge in [0.25, 0.3) is 0 Å². The van der Waals surface area contributed by atoms with Gasteiger partial charge in [-0.05, 0) is 30.7 Å². The molecule has 1 aliphatic carbocycles. The van der Waals surface area contributed by atoms with E-state index in [-0.39, 0.29) is 17.2 Å². The van der Waals surface area contributed by atoms with Crippen LogP contribution in [0.5, 0.6) is 0 Å². The maximum absolute atomic E-state index is 12.1. The molecule has 0 bridgehead atoms. The van der Waals surface area contributed by atoms with Crippen LogP contribution in [0.3, 0.4) is 0 Å². The van der Waals surface area contributed by atoms with Gasteiger partial charge < -0.3 is 5.73 Å². The Kier molecular flexibility index (Phi) is 5.62. The molecule has 0 heterocycles. The molecule has 0 saturated heterocycles. The molecule has 1 rings (SSSR count). The maximum Gasteiger partial charge on any atom is 0.211 e. The number of sulfonamides is 1. The second kappa shape index (κ2) is 6.35. The first kappa shape index (κ1) is 15.9. The molecule has 18 heavy (non-hydrogen) atoms. The Bertz CT molecular complexity index is 342. The fourth-order valence-electron chi connectivity index (χ4n) is 2.21. The van der Waals surface area contributed by atoms with E-state index in [0.29, 0.717) is 18.9 Å². The molecule has 0 aromatic heterocycles. The lowest BCUT2D eigenvalue weighted by Gasteiger charge is -2.31. The molecule has 1 fully saturated rings. The smallest absolute Gasteiger partial charge is 0.211 e. The molecule has 108 valence electrons. The average molecular weight is 276 g/mol. The van der Waals surface area contributed by atoms with Gasteiger partial charge in [-0.2, -0.15) is 0 Å². The maximum atomic E-state index is 12.1. The molecule has 0 radical (unpaired) electrons. The van der Waals surface area contributed by atoms with Crippen molar-refractivity contribution < 1.29 is 8.42 Å². The minimum Gasteiger partial charge on any atom is -0.330 e. The predicted octanol–water partition coefficient (Wildman–Crippen LogP) is 1.86. The zero-order chi connectivity index (χ0) is 13.8. The lowest BCUT2D eigenvalue weighted by molar-refractivity contribution is 0.284. The third kappa shape index (κ3) is 5.24. The van der Waals surface area contributed by atoms with Crippen LogP contribution in [0, 0.1) is 11.3 Å². The Morgan fingerprint density at radius 2 is 1.94 bits per heavy atom. The Balaban J connectivity index is 2.49. The van der Waals surface area contributed by atoms with Crippen molar-refractivity contribution in [1.82, 2.24) is 4.72 Å². The van der Waals surface area contributed by atoms with Crippen molar-refractivity contribution in [3.8, 4) is 0 Å². The Morgan fingerprint density at radius 1 is 1.33 bits per heavy atom. The van der Waals surface area contributed by atoms with E-state index in [1.54, 1.807) is 0 Å². The molecule has 1 unspecified atom stereocenters. The first-order valence-electron chi connectivity index (χ1n) is 6.94. The molecule has 1 saturated carbocycles. The SMILES string of the molecule is CC(C)(C)C(CCN)NS(=O)(=O)CCC1CCC1. The molecule has 4 nitrogen and oxygen atoms in total. The van der Waals surface area contributed by atoms with Gasteiger partial charge >= 0.3 is 0 Å². The fourth-order valence-corrected chi connectivity index (χ4v) is 3.88. The normalized spacial score (nSPS) is 19.6. The zero-order valence-corrected chi connectivity index (χ0v) is 12.7. The Morgan fingerprint density at radius 3 is 2.33 bits per heavy atom. The van der Waals surface area contributed by atoms with E-state index < -0.39 is 10.0 Å². The summed E-state index contributed by atoms with van der Waals surface area (Å²) in [5.41, 5.74) is 5.47. The van der Waals surface area contributed by atoms with E-state index in [4.69, 9.17) is 5.73 Å². The predicted molar refractivity (Wildman–Crippen MR) is 75.8 cm³/mol. The molecular formula is C13H28N2O2S. The minimum absolute atomic E-state index is 0.0751. The largest absolute Gasteiger partial charge is 0.330 e. The summed E-state index contributed by atoms with van der Waals surface area (Å²) in [6.07, 6.45) is 5.14. The van der Waals surface area contributed by atoms with Crippen LogP contribution in [0.1, 0.15) is 52.9 Å². The van der Waals surface area contributed by atoms with Crippen LogP contribution in [0.25, 0.3) is 0 Å². The van der Waals surface area contributed by atoms with Crippen molar-refractivity contribution in [2.45, 2.75) is 58.9 Å². The molecular weight excluding hydrogens is 248 g/mol. The van der Waals surface area contributed by atoms with Crippen molar-refractivity contribution in [1.29, 1.82) is 0 Å². The summed E-state index contributed by atoms with van der Waals surface area (Å²) < 4.78 is 26.9. The van der Waals surface area contributed by atoms with Crippen molar-refractivity contribution in [3.63, 3.8) is 0 Å². The van der Waals surface area contributed by atoms with E-state index in [1.165, 1.54) is 19.3 Å². The summed E-state index contributed by atoms with van der Waals surface area (Å²) in [7, 11) is -3.16. The molecule has 0 amide bonds. The molecule has 0 aromatic carbocycles. The Hall–Kier alpha value is -0.130. The van der Waals surface area contributed by atoms with E-state index in [1.807, 2.05) is 20.8 Å². The van der Waals surface area contributed by atoms with Gasteiger partial charge in [0.2, 0.25) is 10.0 Å². The summed E-state index contributed by atoms with van der Waals surface area (Å²) in [6.45, 7) is 6.64. The molecule has 3 N–H and O–H groups in total. The number of hydrogen-bond donors (Lipinski definition) is 2. The fraction of sp³-hybridized carbons (Fsp3) is 1.00. The number of nitrogens with two attached hydrogens (primary N) is 1. The first-order valence-corrected chi connectivity index (χ1v) is 8.60. The second-order valence-corrected chi connectivity index (χ2v) is 8.39. The van der Waals surface area contributed by atoms with Gasteiger partial charge in [-0.25, -0.2) is 13.1 Å². The van der Waals surface area contributed by atoms with E-state index >= 15 is 0 Å². The van der Waals surface area contributed by atoms with Crippen LogP contribution >= 0.6 is 0 Å². The van der Waals surface area contributed by atoms with Crippen LogP contribution in [-0.4, -0.2) is 26.8 Å². The summed E-state index contributed by atoms with van der Waals surface area (Å²) in [6, 6.07) is -0.0751. The van der Waals surface area contributed by atoms with Crippen molar-refractivity contribution in [3.05, 3.63) is 0 Å². The summed E-state index contributed by atoms with van der Waals surface area (Å²) in [5.74, 6) is 0.888. The topological polar surface area (TPSA) is 72.2 Å². The van der Waals surface area contributed by atoms with Gasteiger partial charge in [0, 0.05) is 6.04 Å². The highest BCUT2D eigenvalue weighted by Crippen LogP contribution is 2.30. The van der Waals surface area contributed by atoms with Crippen LogP contribution in [-0.2, 0) is 10.0 Å². The number of rotatable bonds is 7. The van der Waals surface area contributed by atoms with Gasteiger partial charge in [0.05, 0.1) is 5.75 Å².